The number of hydrogen-bond donors (Lipinski definition) is 1. The highest BCUT2D eigenvalue weighted by Crippen LogP contribution is 2.41. The maximum Gasteiger partial charge on any atom is 0.309 e. The monoisotopic (exact) mass is 533 g/mol. The molecule has 4 aromatic carbocycles. The van der Waals surface area contributed by atoms with Crippen LogP contribution in [0.3, 0.4) is 0 Å². The minimum Gasteiger partial charge on any atom is -0.407 e. The zero-order valence-corrected chi connectivity index (χ0v) is 22.4. The lowest BCUT2D eigenvalue weighted by Gasteiger charge is -2.12. The van der Waals surface area contributed by atoms with Gasteiger partial charge in [-0.15, -0.1) is 0 Å². The van der Waals surface area contributed by atoms with E-state index in [4.69, 9.17) is 9.84 Å². The average molecular weight is 534 g/mol. The molecule has 40 heavy (non-hydrogen) atoms. The van der Waals surface area contributed by atoms with Gasteiger partial charge >= 0.3 is 5.97 Å². The molecule has 0 radical (unpaired) electrons. The summed E-state index contributed by atoms with van der Waals surface area (Å²) in [7, 11) is 0. The molecule has 1 N–H and O–H groups in total. The van der Waals surface area contributed by atoms with E-state index in [-0.39, 0.29) is 24.0 Å². The highest BCUT2D eigenvalue weighted by molar-refractivity contribution is 5.93. The summed E-state index contributed by atoms with van der Waals surface area (Å²) in [6, 6.07) is 28.7. The first-order valence-corrected chi connectivity index (χ1v) is 12.9. The summed E-state index contributed by atoms with van der Waals surface area (Å²) in [4.78, 5) is 24.9. The van der Waals surface area contributed by atoms with E-state index in [2.05, 4.69) is 5.32 Å². The van der Waals surface area contributed by atoms with Gasteiger partial charge < -0.3 is 10.1 Å². The smallest absolute Gasteiger partial charge is 0.309 e. The average Bonchev–Trinajstić information content (AvgIpc) is 3.29. The van der Waals surface area contributed by atoms with Crippen molar-refractivity contribution in [2.45, 2.75) is 27.2 Å². The molecule has 0 aliphatic rings. The van der Waals surface area contributed by atoms with Crippen LogP contribution in [0.5, 0.6) is 5.88 Å². The maximum atomic E-state index is 13.8. The molecule has 6 nitrogen and oxygen atoms in total. The molecule has 1 heterocycles. The molecule has 7 heteroatoms. The zero-order valence-electron chi connectivity index (χ0n) is 22.4. The largest absolute Gasteiger partial charge is 0.407 e. The first kappa shape index (κ1) is 26.6. The minimum atomic E-state index is -0.497. The summed E-state index contributed by atoms with van der Waals surface area (Å²) in [5.74, 6) is -0.742. The first-order chi connectivity index (χ1) is 19.3. The van der Waals surface area contributed by atoms with Crippen molar-refractivity contribution in [3.63, 3.8) is 0 Å². The third-order valence-electron chi connectivity index (χ3n) is 6.46. The Hall–Kier alpha value is -5.04. The molecule has 5 rings (SSSR count). The summed E-state index contributed by atoms with van der Waals surface area (Å²) >= 11 is 0. The van der Waals surface area contributed by atoms with Gasteiger partial charge in [-0.3, -0.25) is 9.59 Å². The zero-order chi connectivity index (χ0) is 28.2. The lowest BCUT2D eigenvalue weighted by molar-refractivity contribution is -0.132. The van der Waals surface area contributed by atoms with Crippen molar-refractivity contribution in [2.24, 2.45) is 0 Å². The second kappa shape index (κ2) is 11.4. The summed E-state index contributed by atoms with van der Waals surface area (Å²) in [5, 5.41) is 7.80. The SMILES string of the molecule is CC(=O)Oc1c(-c2ccc(NC(=O)Cc3ccccc3)cc2)c(-c2ccc(F)cc2)nn1-c1cc(C)ccc1C. The van der Waals surface area contributed by atoms with E-state index in [1.54, 1.807) is 28.9 Å². The topological polar surface area (TPSA) is 73.2 Å². The predicted octanol–water partition coefficient (Wildman–Crippen LogP) is 7.07. The minimum absolute atomic E-state index is 0.130. The van der Waals surface area contributed by atoms with Crippen LogP contribution in [0.1, 0.15) is 23.6 Å². The van der Waals surface area contributed by atoms with E-state index in [1.807, 2.05) is 74.5 Å². The number of halogens is 1. The number of carbonyl (C=O) groups excluding carboxylic acids is 2. The van der Waals surface area contributed by atoms with Crippen molar-refractivity contribution in [3.8, 4) is 34.0 Å². The van der Waals surface area contributed by atoms with E-state index in [9.17, 15) is 14.0 Å². The number of amides is 1. The first-order valence-electron chi connectivity index (χ1n) is 12.9. The van der Waals surface area contributed by atoms with Gasteiger partial charge in [-0.1, -0.05) is 54.6 Å². The van der Waals surface area contributed by atoms with Crippen molar-refractivity contribution in [1.29, 1.82) is 0 Å². The number of esters is 1. The van der Waals surface area contributed by atoms with Crippen molar-refractivity contribution in [2.75, 3.05) is 5.32 Å². The Labute approximate surface area is 232 Å². The van der Waals surface area contributed by atoms with Crippen molar-refractivity contribution in [3.05, 3.63) is 120 Å². The Morgan fingerprint density at radius 2 is 1.55 bits per heavy atom. The third-order valence-corrected chi connectivity index (χ3v) is 6.46. The molecule has 1 amide bonds. The molecule has 0 atom stereocenters. The summed E-state index contributed by atoms with van der Waals surface area (Å²) < 4.78 is 21.2. The van der Waals surface area contributed by atoms with Crippen LogP contribution in [0.4, 0.5) is 10.1 Å². The van der Waals surface area contributed by atoms with Gasteiger partial charge in [0.15, 0.2) is 0 Å². The van der Waals surface area contributed by atoms with Crippen molar-refractivity contribution >= 4 is 17.6 Å². The van der Waals surface area contributed by atoms with E-state index in [0.717, 1.165) is 22.4 Å². The lowest BCUT2D eigenvalue weighted by atomic mass is 10.0. The Kier molecular flexibility index (Phi) is 7.55. The molecule has 0 saturated heterocycles. The molecule has 0 unspecified atom stereocenters. The summed E-state index contributed by atoms with van der Waals surface area (Å²) in [6.07, 6.45) is 0.260. The number of benzene rings is 4. The second-order valence-electron chi connectivity index (χ2n) is 9.62. The van der Waals surface area contributed by atoms with Gasteiger partial charge in [0.1, 0.15) is 11.5 Å². The Bertz CT molecular complexity index is 1680. The fraction of sp³-hybridized carbons (Fsp3) is 0.121. The highest BCUT2D eigenvalue weighted by Gasteiger charge is 2.25. The third kappa shape index (κ3) is 5.83. The second-order valence-corrected chi connectivity index (χ2v) is 9.62. The molecule has 0 aliphatic carbocycles. The molecule has 200 valence electrons. The normalized spacial score (nSPS) is 10.8. The van der Waals surface area contributed by atoms with E-state index in [1.165, 1.54) is 19.1 Å². The molecular formula is C33H28FN3O3. The molecule has 0 saturated carbocycles. The molecule has 0 fully saturated rings. The van der Waals surface area contributed by atoms with Crippen LogP contribution in [-0.4, -0.2) is 21.7 Å². The number of aromatic nitrogens is 2. The van der Waals surface area contributed by atoms with Gasteiger partial charge in [-0.25, -0.2) is 4.39 Å². The van der Waals surface area contributed by atoms with E-state index in [0.29, 0.717) is 28.1 Å². The summed E-state index contributed by atoms with van der Waals surface area (Å²) in [5.41, 5.74) is 6.75. The van der Waals surface area contributed by atoms with Crippen LogP contribution in [0.25, 0.3) is 28.1 Å². The van der Waals surface area contributed by atoms with Gasteiger partial charge in [0, 0.05) is 18.2 Å². The van der Waals surface area contributed by atoms with Gasteiger partial charge in [0.2, 0.25) is 11.8 Å². The molecule has 0 bridgehead atoms. The quantitative estimate of drug-likeness (QED) is 0.227. The molecule has 1 aromatic heterocycles. The van der Waals surface area contributed by atoms with Crippen molar-refractivity contribution in [1.82, 2.24) is 9.78 Å². The van der Waals surface area contributed by atoms with E-state index < -0.39 is 5.97 Å². The fourth-order valence-electron chi connectivity index (χ4n) is 4.52. The predicted molar refractivity (Wildman–Crippen MR) is 154 cm³/mol. The van der Waals surface area contributed by atoms with Gasteiger partial charge in [0.25, 0.3) is 0 Å². The van der Waals surface area contributed by atoms with Crippen LogP contribution in [0, 0.1) is 19.7 Å². The van der Waals surface area contributed by atoms with Gasteiger partial charge in [-0.05, 0) is 78.6 Å². The number of nitrogens with one attached hydrogen (secondary N) is 1. The number of nitrogens with zero attached hydrogens (tertiary/aromatic N) is 2. The molecule has 0 aliphatic heterocycles. The van der Waals surface area contributed by atoms with E-state index >= 15 is 0 Å². The molecule has 5 aromatic rings. The molecular weight excluding hydrogens is 505 g/mol. The number of hydrogen-bond acceptors (Lipinski definition) is 4. The highest BCUT2D eigenvalue weighted by atomic mass is 19.1. The summed E-state index contributed by atoms with van der Waals surface area (Å²) in [6.45, 7) is 5.27. The number of rotatable bonds is 7. The number of carbonyl (C=O) groups is 2. The van der Waals surface area contributed by atoms with Crippen LogP contribution >= 0.6 is 0 Å². The number of anilines is 1. The Morgan fingerprint density at radius 1 is 0.875 bits per heavy atom. The van der Waals surface area contributed by atoms with Gasteiger partial charge in [-0.2, -0.15) is 9.78 Å². The number of aryl methyl sites for hydroxylation is 2. The molecule has 0 spiro atoms. The van der Waals surface area contributed by atoms with Gasteiger partial charge in [0.05, 0.1) is 17.7 Å². The van der Waals surface area contributed by atoms with Crippen LogP contribution in [0.2, 0.25) is 0 Å². The van der Waals surface area contributed by atoms with Crippen LogP contribution in [0.15, 0.2) is 97.1 Å². The van der Waals surface area contributed by atoms with Crippen LogP contribution < -0.4 is 10.1 Å². The van der Waals surface area contributed by atoms with Crippen LogP contribution in [-0.2, 0) is 16.0 Å². The number of ether oxygens (including phenoxy) is 1. The lowest BCUT2D eigenvalue weighted by Crippen LogP contribution is -2.14. The standard InChI is InChI=1S/C33H28FN3O3/c1-21-9-10-22(2)29(19-21)37-33(40-23(3)38)31(32(36-37)26-11-15-27(34)16-12-26)25-13-17-28(18-14-25)35-30(39)20-24-7-5-4-6-8-24/h4-19H,20H2,1-3H3,(H,35,39). The maximum absolute atomic E-state index is 13.8. The fourth-order valence-corrected chi connectivity index (χ4v) is 4.52. The van der Waals surface area contributed by atoms with Crippen molar-refractivity contribution < 1.29 is 18.7 Å². The Morgan fingerprint density at radius 3 is 2.23 bits per heavy atom. The Balaban J connectivity index is 1.59.